The molecule has 0 aliphatic heterocycles. The Morgan fingerprint density at radius 1 is 1.12 bits per heavy atom. The van der Waals surface area contributed by atoms with Crippen LogP contribution in [0, 0.1) is 0 Å². The Morgan fingerprint density at radius 3 is 2.64 bits per heavy atom. The first-order valence-corrected chi connectivity index (χ1v) is 12.5. The van der Waals surface area contributed by atoms with Crippen molar-refractivity contribution in [1.82, 2.24) is 19.3 Å². The molecule has 0 unspecified atom stereocenters. The third kappa shape index (κ3) is 3.75. The van der Waals surface area contributed by atoms with Crippen LogP contribution in [0.4, 0.5) is 0 Å². The van der Waals surface area contributed by atoms with Gasteiger partial charge >= 0.3 is 0 Å². The predicted octanol–water partition coefficient (Wildman–Crippen LogP) is 4.28. The topological polar surface area (TPSA) is 98.2 Å². The van der Waals surface area contributed by atoms with Gasteiger partial charge in [0.15, 0.2) is 11.5 Å². The van der Waals surface area contributed by atoms with Gasteiger partial charge in [-0.1, -0.05) is 6.07 Å². The SMILES string of the molecule is COc1cc2c(-c3cc4c(CNS(=O)(=O)c5cccs5)ccnc4[nH]3)cn(C)c2cc1OC. The normalized spacial score (nSPS) is 12.0. The quantitative estimate of drug-likeness (QED) is 0.361. The lowest BCUT2D eigenvalue weighted by Gasteiger charge is -2.08. The molecule has 0 aliphatic rings. The van der Waals surface area contributed by atoms with E-state index in [0.717, 1.165) is 33.1 Å². The first-order chi connectivity index (χ1) is 15.9. The summed E-state index contributed by atoms with van der Waals surface area (Å²) < 4.78 is 41.0. The number of methoxy groups -OCH3 is 2. The molecular formula is C23H22N4O4S2. The number of aryl methyl sites for hydroxylation is 1. The fourth-order valence-corrected chi connectivity index (χ4v) is 6.01. The molecule has 0 radical (unpaired) electrons. The van der Waals surface area contributed by atoms with Crippen molar-refractivity contribution in [1.29, 1.82) is 0 Å². The second-order valence-electron chi connectivity index (χ2n) is 7.55. The minimum absolute atomic E-state index is 0.164. The second kappa shape index (κ2) is 8.22. The van der Waals surface area contributed by atoms with Crippen molar-refractivity contribution in [3.63, 3.8) is 0 Å². The van der Waals surface area contributed by atoms with Crippen LogP contribution < -0.4 is 14.2 Å². The lowest BCUT2D eigenvalue weighted by Crippen LogP contribution is -2.22. The van der Waals surface area contributed by atoms with E-state index >= 15 is 0 Å². The fraction of sp³-hybridized carbons (Fsp3) is 0.174. The summed E-state index contributed by atoms with van der Waals surface area (Å²) in [6.07, 6.45) is 3.71. The number of thiophene rings is 1. The molecule has 5 rings (SSSR count). The highest BCUT2D eigenvalue weighted by atomic mass is 32.2. The summed E-state index contributed by atoms with van der Waals surface area (Å²) in [5.74, 6) is 1.31. The zero-order valence-electron chi connectivity index (χ0n) is 18.2. The van der Waals surface area contributed by atoms with Crippen LogP contribution in [0.15, 0.2) is 58.4 Å². The first-order valence-electron chi connectivity index (χ1n) is 10.1. The Bertz CT molecular complexity index is 1570. The number of nitrogens with one attached hydrogen (secondary N) is 2. The summed E-state index contributed by atoms with van der Waals surface area (Å²) in [6, 6.07) is 11.0. The van der Waals surface area contributed by atoms with Crippen molar-refractivity contribution < 1.29 is 17.9 Å². The molecule has 4 heterocycles. The largest absolute Gasteiger partial charge is 0.493 e. The van der Waals surface area contributed by atoms with Crippen molar-refractivity contribution in [3.05, 3.63) is 59.7 Å². The van der Waals surface area contributed by atoms with Crippen LogP contribution in [-0.2, 0) is 23.6 Å². The molecule has 10 heteroatoms. The summed E-state index contributed by atoms with van der Waals surface area (Å²) in [7, 11) is 1.65. The van der Waals surface area contributed by atoms with Crippen LogP contribution in [0.1, 0.15) is 5.56 Å². The maximum absolute atomic E-state index is 12.5. The van der Waals surface area contributed by atoms with E-state index in [2.05, 4.69) is 14.7 Å². The van der Waals surface area contributed by atoms with Gasteiger partial charge in [-0.25, -0.2) is 18.1 Å². The van der Waals surface area contributed by atoms with Gasteiger partial charge in [0.25, 0.3) is 0 Å². The van der Waals surface area contributed by atoms with Crippen LogP contribution >= 0.6 is 11.3 Å². The molecule has 0 spiro atoms. The van der Waals surface area contributed by atoms with Gasteiger partial charge in [-0.2, -0.15) is 0 Å². The van der Waals surface area contributed by atoms with Crippen LogP contribution in [-0.4, -0.2) is 37.2 Å². The molecule has 0 saturated carbocycles. The zero-order chi connectivity index (χ0) is 23.2. The van der Waals surface area contributed by atoms with E-state index in [4.69, 9.17) is 9.47 Å². The van der Waals surface area contributed by atoms with E-state index in [0.29, 0.717) is 21.4 Å². The Morgan fingerprint density at radius 2 is 1.91 bits per heavy atom. The van der Waals surface area contributed by atoms with Crippen molar-refractivity contribution in [3.8, 4) is 22.8 Å². The molecule has 8 nitrogen and oxygen atoms in total. The number of pyridine rings is 1. The number of fused-ring (bicyclic) bond motifs is 2. The van der Waals surface area contributed by atoms with Crippen LogP contribution in [0.3, 0.4) is 0 Å². The van der Waals surface area contributed by atoms with E-state index < -0.39 is 10.0 Å². The minimum Gasteiger partial charge on any atom is -0.493 e. The number of aromatic nitrogens is 3. The Balaban J connectivity index is 1.55. The third-order valence-electron chi connectivity index (χ3n) is 5.62. The van der Waals surface area contributed by atoms with Gasteiger partial charge in [-0.15, -0.1) is 11.3 Å². The molecule has 170 valence electrons. The minimum atomic E-state index is -3.56. The van der Waals surface area contributed by atoms with Crippen molar-refractivity contribution in [2.24, 2.45) is 7.05 Å². The standard InChI is InChI=1S/C23H22N4O4S2/c1-27-13-17(16-10-20(30-2)21(31-3)11-19(16)27)18-9-15-14(6-7-24-23(15)26-18)12-25-33(28,29)22-5-4-8-32-22/h4-11,13,25H,12H2,1-3H3,(H,24,26). The predicted molar refractivity (Wildman–Crippen MR) is 129 cm³/mol. The van der Waals surface area contributed by atoms with Crippen LogP contribution in [0.25, 0.3) is 33.2 Å². The lowest BCUT2D eigenvalue weighted by molar-refractivity contribution is 0.355. The fourth-order valence-electron chi connectivity index (χ4n) is 3.96. The molecule has 4 aromatic heterocycles. The Hall–Kier alpha value is -3.34. The monoisotopic (exact) mass is 482 g/mol. The number of rotatable bonds is 7. The molecule has 0 aliphatic carbocycles. The van der Waals surface area contributed by atoms with E-state index in [1.54, 1.807) is 37.9 Å². The third-order valence-corrected chi connectivity index (χ3v) is 8.42. The van der Waals surface area contributed by atoms with Crippen LogP contribution in [0.5, 0.6) is 11.5 Å². The van der Waals surface area contributed by atoms with Gasteiger partial charge in [0.1, 0.15) is 9.86 Å². The average molecular weight is 483 g/mol. The summed E-state index contributed by atoms with van der Waals surface area (Å²) in [4.78, 5) is 7.82. The number of benzene rings is 1. The Labute approximate surface area is 194 Å². The molecule has 2 N–H and O–H groups in total. The van der Waals surface area contributed by atoms with Gasteiger partial charge in [0, 0.05) is 54.1 Å². The van der Waals surface area contributed by atoms with E-state index in [9.17, 15) is 8.42 Å². The molecular weight excluding hydrogens is 460 g/mol. The number of hydrogen-bond acceptors (Lipinski definition) is 6. The lowest BCUT2D eigenvalue weighted by atomic mass is 10.1. The van der Waals surface area contributed by atoms with Crippen molar-refractivity contribution in [2.45, 2.75) is 10.8 Å². The highest BCUT2D eigenvalue weighted by Gasteiger charge is 2.18. The van der Waals surface area contributed by atoms with E-state index in [1.165, 1.54) is 11.3 Å². The van der Waals surface area contributed by atoms with E-state index in [-0.39, 0.29) is 6.54 Å². The summed E-state index contributed by atoms with van der Waals surface area (Å²) >= 11 is 1.19. The maximum atomic E-state index is 12.5. The molecule has 0 bridgehead atoms. The number of aromatic amines is 1. The number of ether oxygens (including phenoxy) is 2. The molecule has 33 heavy (non-hydrogen) atoms. The molecule has 1 aromatic carbocycles. The number of H-pyrrole nitrogens is 1. The number of nitrogens with zero attached hydrogens (tertiary/aromatic N) is 2. The van der Waals surface area contributed by atoms with Gasteiger partial charge in [0.2, 0.25) is 10.0 Å². The number of hydrogen-bond donors (Lipinski definition) is 2. The maximum Gasteiger partial charge on any atom is 0.250 e. The smallest absolute Gasteiger partial charge is 0.250 e. The molecule has 0 atom stereocenters. The van der Waals surface area contributed by atoms with Gasteiger partial charge in [-0.05, 0) is 35.2 Å². The number of sulfonamides is 1. The highest BCUT2D eigenvalue weighted by Crippen LogP contribution is 2.38. The van der Waals surface area contributed by atoms with Gasteiger partial charge < -0.3 is 19.0 Å². The van der Waals surface area contributed by atoms with Crippen molar-refractivity contribution >= 4 is 43.3 Å². The Kier molecular flexibility index (Phi) is 5.35. The summed E-state index contributed by atoms with van der Waals surface area (Å²) in [6.45, 7) is 0.164. The second-order valence-corrected chi connectivity index (χ2v) is 10.5. The van der Waals surface area contributed by atoms with Gasteiger partial charge in [-0.3, -0.25) is 0 Å². The van der Waals surface area contributed by atoms with Crippen LogP contribution in [0.2, 0.25) is 0 Å². The summed E-state index contributed by atoms with van der Waals surface area (Å²) in [5, 5.41) is 3.60. The highest BCUT2D eigenvalue weighted by molar-refractivity contribution is 7.91. The summed E-state index contributed by atoms with van der Waals surface area (Å²) in [5.41, 5.74) is 4.39. The van der Waals surface area contributed by atoms with Crippen molar-refractivity contribution in [2.75, 3.05) is 14.2 Å². The van der Waals surface area contributed by atoms with E-state index in [1.807, 2.05) is 42.1 Å². The molecule has 0 amide bonds. The average Bonchev–Trinajstić information content (AvgIpc) is 3.56. The van der Waals surface area contributed by atoms with Gasteiger partial charge in [0.05, 0.1) is 19.7 Å². The molecule has 5 aromatic rings. The first kappa shape index (κ1) is 21.5. The zero-order valence-corrected chi connectivity index (χ0v) is 19.9. The molecule has 0 fully saturated rings. The molecule has 0 saturated heterocycles.